The molecule has 1 N–H and O–H groups in total. The molecule has 9 heteroatoms. The molecule has 2 amide bonds. The average Bonchev–Trinajstić information content (AvgIpc) is 2.80. The van der Waals surface area contributed by atoms with E-state index >= 15 is 0 Å². The second kappa shape index (κ2) is 13.1. The third-order valence-electron chi connectivity index (χ3n) is 5.38. The van der Waals surface area contributed by atoms with E-state index in [0.29, 0.717) is 18.0 Å². The Morgan fingerprint density at radius 2 is 1.63 bits per heavy atom. The minimum absolute atomic E-state index is 0.0487. The van der Waals surface area contributed by atoms with Gasteiger partial charge in [-0.05, 0) is 51.8 Å². The van der Waals surface area contributed by atoms with Gasteiger partial charge in [0.1, 0.15) is 11.8 Å². The highest BCUT2D eigenvalue weighted by atomic mass is 32.2. The lowest BCUT2D eigenvalue weighted by Gasteiger charge is -2.30. The fraction of sp³-hybridized carbons (Fsp3) is 0.462. The van der Waals surface area contributed by atoms with E-state index < -0.39 is 16.1 Å². The first-order valence-corrected chi connectivity index (χ1v) is 13.7. The lowest BCUT2D eigenvalue weighted by molar-refractivity contribution is -0.140. The Kier molecular flexibility index (Phi) is 10.6. The second-order valence-corrected chi connectivity index (χ2v) is 10.6. The highest BCUT2D eigenvalue weighted by Gasteiger charge is 2.27. The number of nitrogens with one attached hydrogen (secondary N) is 1. The number of carbonyl (C=O) groups excluding carboxylic acids is 2. The van der Waals surface area contributed by atoms with Crippen molar-refractivity contribution in [2.45, 2.75) is 59.2 Å². The van der Waals surface area contributed by atoms with Gasteiger partial charge in [-0.1, -0.05) is 42.5 Å². The topological polar surface area (TPSA) is 96.0 Å². The Hall–Kier alpha value is -3.07. The van der Waals surface area contributed by atoms with Gasteiger partial charge in [-0.15, -0.1) is 0 Å². The van der Waals surface area contributed by atoms with Crippen molar-refractivity contribution in [2.75, 3.05) is 23.7 Å². The van der Waals surface area contributed by atoms with Crippen LogP contribution in [-0.4, -0.2) is 56.6 Å². The van der Waals surface area contributed by atoms with Crippen molar-refractivity contribution in [3.05, 3.63) is 60.2 Å². The van der Waals surface area contributed by atoms with Crippen LogP contribution >= 0.6 is 0 Å². The summed E-state index contributed by atoms with van der Waals surface area (Å²) in [5, 5.41) is 2.86. The Balaban J connectivity index is 2.18. The van der Waals surface area contributed by atoms with E-state index in [1.807, 2.05) is 51.1 Å². The number of nitrogens with zero attached hydrogens (tertiary/aromatic N) is 2. The maximum atomic E-state index is 13.3. The van der Waals surface area contributed by atoms with Gasteiger partial charge in [0, 0.05) is 25.6 Å². The van der Waals surface area contributed by atoms with E-state index in [0.717, 1.165) is 11.8 Å². The molecule has 1 unspecified atom stereocenters. The van der Waals surface area contributed by atoms with Gasteiger partial charge in [0.05, 0.1) is 18.6 Å². The lowest BCUT2D eigenvalue weighted by Crippen LogP contribution is -2.49. The molecular formula is C26H37N3O5S. The fourth-order valence-corrected chi connectivity index (χ4v) is 4.66. The molecule has 0 bridgehead atoms. The van der Waals surface area contributed by atoms with Crippen LogP contribution in [0.25, 0.3) is 0 Å². The summed E-state index contributed by atoms with van der Waals surface area (Å²) in [7, 11) is -3.60. The van der Waals surface area contributed by atoms with Crippen LogP contribution in [0, 0.1) is 0 Å². The molecule has 0 radical (unpaired) electrons. The van der Waals surface area contributed by atoms with Crippen molar-refractivity contribution >= 4 is 27.5 Å². The summed E-state index contributed by atoms with van der Waals surface area (Å²) in [6.45, 7) is 8.08. The largest absolute Gasteiger partial charge is 0.492 e. The molecule has 0 spiro atoms. The number of benzene rings is 2. The lowest BCUT2D eigenvalue weighted by atomic mass is 10.1. The predicted octanol–water partition coefficient (Wildman–Crippen LogP) is 3.57. The molecule has 8 nitrogen and oxygen atoms in total. The highest BCUT2D eigenvalue weighted by molar-refractivity contribution is 7.92. The smallest absolute Gasteiger partial charge is 0.242 e. The van der Waals surface area contributed by atoms with Gasteiger partial charge in [-0.25, -0.2) is 8.42 Å². The quantitative estimate of drug-likeness (QED) is 0.451. The molecule has 2 rings (SSSR count). The van der Waals surface area contributed by atoms with E-state index in [9.17, 15) is 18.0 Å². The zero-order chi connectivity index (χ0) is 26.0. The van der Waals surface area contributed by atoms with E-state index in [1.54, 1.807) is 36.1 Å². The highest BCUT2D eigenvalue weighted by Crippen LogP contribution is 2.30. The molecule has 35 heavy (non-hydrogen) atoms. The van der Waals surface area contributed by atoms with Gasteiger partial charge in [0.15, 0.2) is 0 Å². The molecule has 0 saturated heterocycles. The Morgan fingerprint density at radius 1 is 1.00 bits per heavy atom. The van der Waals surface area contributed by atoms with Crippen molar-refractivity contribution in [2.24, 2.45) is 0 Å². The molecule has 0 saturated carbocycles. The number of para-hydroxylation sites is 2. The Morgan fingerprint density at radius 3 is 2.23 bits per heavy atom. The van der Waals surface area contributed by atoms with Crippen LogP contribution in [0.5, 0.6) is 5.75 Å². The van der Waals surface area contributed by atoms with Crippen molar-refractivity contribution in [1.29, 1.82) is 0 Å². The number of carbonyl (C=O) groups is 2. The van der Waals surface area contributed by atoms with E-state index in [2.05, 4.69) is 5.32 Å². The van der Waals surface area contributed by atoms with E-state index in [1.165, 1.54) is 4.31 Å². The summed E-state index contributed by atoms with van der Waals surface area (Å²) >= 11 is 0. The number of hydrogen-bond donors (Lipinski definition) is 1. The molecule has 0 fully saturated rings. The molecule has 0 aliphatic heterocycles. The average molecular weight is 504 g/mol. The normalized spacial score (nSPS) is 12.2. The number of sulfonamides is 1. The molecule has 1 atom stereocenters. The number of amides is 2. The van der Waals surface area contributed by atoms with Gasteiger partial charge in [-0.2, -0.15) is 0 Å². The minimum atomic E-state index is -3.60. The third-order valence-corrected chi connectivity index (χ3v) is 6.56. The number of hydrogen-bond acceptors (Lipinski definition) is 5. The summed E-state index contributed by atoms with van der Waals surface area (Å²) < 4.78 is 32.0. The van der Waals surface area contributed by atoms with Crippen LogP contribution in [-0.2, 0) is 26.2 Å². The molecule has 0 heterocycles. The molecule has 2 aromatic rings. The van der Waals surface area contributed by atoms with Gasteiger partial charge >= 0.3 is 0 Å². The van der Waals surface area contributed by atoms with Gasteiger partial charge in [-0.3, -0.25) is 13.9 Å². The predicted molar refractivity (Wildman–Crippen MR) is 139 cm³/mol. The summed E-state index contributed by atoms with van der Waals surface area (Å²) in [4.78, 5) is 27.5. The van der Waals surface area contributed by atoms with Crippen molar-refractivity contribution in [3.63, 3.8) is 0 Å². The van der Waals surface area contributed by atoms with Crippen LogP contribution in [0.1, 0.15) is 46.1 Å². The monoisotopic (exact) mass is 503 g/mol. The fourth-order valence-electron chi connectivity index (χ4n) is 3.69. The number of anilines is 1. The van der Waals surface area contributed by atoms with Crippen LogP contribution < -0.4 is 14.4 Å². The molecule has 2 aromatic carbocycles. The molecule has 0 aliphatic rings. The SMILES string of the molecule is CCOc1ccccc1N(CCCC(=O)N(Cc1ccccc1)C(C)C(=O)NC(C)C)S(C)(=O)=O. The second-order valence-electron chi connectivity index (χ2n) is 8.69. The summed E-state index contributed by atoms with van der Waals surface area (Å²) in [6.07, 6.45) is 1.52. The van der Waals surface area contributed by atoms with Crippen LogP contribution in [0.15, 0.2) is 54.6 Å². The van der Waals surface area contributed by atoms with Crippen molar-refractivity contribution in [3.8, 4) is 5.75 Å². The maximum Gasteiger partial charge on any atom is 0.242 e. The first-order chi connectivity index (χ1) is 16.5. The molecular weight excluding hydrogens is 466 g/mol. The number of ether oxygens (including phenoxy) is 1. The third kappa shape index (κ3) is 8.58. The zero-order valence-electron chi connectivity index (χ0n) is 21.2. The Bertz CT molecular complexity index is 1070. The molecule has 192 valence electrons. The van der Waals surface area contributed by atoms with Crippen LogP contribution in [0.3, 0.4) is 0 Å². The Labute approximate surface area is 209 Å². The van der Waals surface area contributed by atoms with Gasteiger partial charge in [0.25, 0.3) is 0 Å². The number of rotatable bonds is 13. The standard InChI is InChI=1S/C26H37N3O5S/c1-6-34-24-16-11-10-15-23(24)29(35(5,32)33)18-12-17-25(30)28(19-22-13-8-7-9-14-22)21(4)26(31)27-20(2)3/h7-11,13-16,20-21H,6,12,17-19H2,1-5H3,(H,27,31). The summed E-state index contributed by atoms with van der Waals surface area (Å²) in [6, 6.07) is 15.7. The minimum Gasteiger partial charge on any atom is -0.492 e. The molecule has 0 aliphatic carbocycles. The first-order valence-electron chi connectivity index (χ1n) is 11.9. The summed E-state index contributed by atoms with van der Waals surface area (Å²) in [5.74, 6) is 0.0240. The molecule has 0 aromatic heterocycles. The van der Waals surface area contributed by atoms with Gasteiger partial charge in [0.2, 0.25) is 21.8 Å². The van der Waals surface area contributed by atoms with E-state index in [4.69, 9.17) is 4.74 Å². The maximum absolute atomic E-state index is 13.3. The van der Waals surface area contributed by atoms with Crippen LogP contribution in [0.4, 0.5) is 5.69 Å². The first kappa shape index (κ1) is 28.2. The zero-order valence-corrected chi connectivity index (χ0v) is 22.0. The van der Waals surface area contributed by atoms with E-state index in [-0.39, 0.29) is 43.8 Å². The summed E-state index contributed by atoms with van der Waals surface area (Å²) in [5.41, 5.74) is 1.35. The van der Waals surface area contributed by atoms with Crippen molar-refractivity contribution in [1.82, 2.24) is 10.2 Å². The van der Waals surface area contributed by atoms with Crippen molar-refractivity contribution < 1.29 is 22.7 Å². The van der Waals surface area contributed by atoms with Crippen LogP contribution in [0.2, 0.25) is 0 Å². The van der Waals surface area contributed by atoms with Gasteiger partial charge < -0.3 is 15.0 Å².